The van der Waals surface area contributed by atoms with E-state index in [1.54, 1.807) is 24.3 Å². The fraction of sp³-hybridized carbons (Fsp3) is 0.300. The highest BCUT2D eigenvalue weighted by molar-refractivity contribution is 5.96. The van der Waals surface area contributed by atoms with Gasteiger partial charge in [-0.15, -0.1) is 0 Å². The zero-order valence-corrected chi connectivity index (χ0v) is 15.0. The summed E-state index contributed by atoms with van der Waals surface area (Å²) in [7, 11) is 1.32. The van der Waals surface area contributed by atoms with Gasteiger partial charge in [-0.3, -0.25) is 4.79 Å². The zero-order valence-electron chi connectivity index (χ0n) is 15.0. The number of hydrogen-bond acceptors (Lipinski definition) is 4. The van der Waals surface area contributed by atoms with Crippen LogP contribution in [0.15, 0.2) is 42.5 Å². The first-order chi connectivity index (χ1) is 11.9. The van der Waals surface area contributed by atoms with Crippen LogP contribution in [0.4, 0.5) is 5.69 Å². The average molecular weight is 341 g/mol. The third kappa shape index (κ3) is 4.83. The largest absolute Gasteiger partial charge is 0.480 e. The number of carbonyl (C=O) groups excluding carboxylic acids is 2. The van der Waals surface area contributed by atoms with Gasteiger partial charge in [-0.05, 0) is 55.7 Å². The van der Waals surface area contributed by atoms with Crippen molar-refractivity contribution < 1.29 is 19.1 Å². The molecular formula is C20H23NO4. The molecule has 0 aliphatic rings. The quantitative estimate of drug-likeness (QED) is 0.810. The molecular weight excluding hydrogens is 318 g/mol. The van der Waals surface area contributed by atoms with Crippen molar-refractivity contribution in [3.63, 3.8) is 0 Å². The molecule has 0 aliphatic carbocycles. The van der Waals surface area contributed by atoms with Gasteiger partial charge in [0.15, 0.2) is 6.10 Å². The van der Waals surface area contributed by atoms with E-state index < -0.39 is 12.1 Å². The molecule has 0 radical (unpaired) electrons. The minimum Gasteiger partial charge on any atom is -0.480 e. The first-order valence-electron chi connectivity index (χ1n) is 8.17. The maximum atomic E-state index is 12.5. The van der Waals surface area contributed by atoms with Crippen LogP contribution in [-0.4, -0.2) is 25.1 Å². The van der Waals surface area contributed by atoms with Crippen molar-refractivity contribution in [1.82, 2.24) is 0 Å². The summed E-state index contributed by atoms with van der Waals surface area (Å²) in [5.41, 5.74) is 2.95. The molecule has 2 aromatic carbocycles. The van der Waals surface area contributed by atoms with Gasteiger partial charge in [-0.1, -0.05) is 25.1 Å². The van der Waals surface area contributed by atoms with E-state index in [4.69, 9.17) is 9.47 Å². The number of hydrogen-bond donors (Lipinski definition) is 1. The Morgan fingerprint density at radius 3 is 2.56 bits per heavy atom. The van der Waals surface area contributed by atoms with Crippen LogP contribution < -0.4 is 10.1 Å². The molecule has 25 heavy (non-hydrogen) atoms. The SMILES string of the molecule is CC[C@H](Oc1cc(C)ccc1C)C(=O)Nc1cccc(C(=O)OC)c1. The molecule has 0 saturated carbocycles. The van der Waals surface area contributed by atoms with Crippen LogP contribution in [-0.2, 0) is 9.53 Å². The molecule has 0 aromatic heterocycles. The van der Waals surface area contributed by atoms with E-state index >= 15 is 0 Å². The lowest BCUT2D eigenvalue weighted by molar-refractivity contribution is -0.122. The van der Waals surface area contributed by atoms with E-state index in [2.05, 4.69) is 5.32 Å². The summed E-state index contributed by atoms with van der Waals surface area (Å²) in [6.07, 6.45) is -0.0992. The fourth-order valence-corrected chi connectivity index (χ4v) is 2.37. The van der Waals surface area contributed by atoms with Crippen LogP contribution in [0, 0.1) is 13.8 Å². The normalized spacial score (nSPS) is 11.5. The zero-order chi connectivity index (χ0) is 18.4. The third-order valence-corrected chi connectivity index (χ3v) is 3.83. The molecule has 0 aliphatic heterocycles. The van der Waals surface area contributed by atoms with Crippen LogP contribution in [0.1, 0.15) is 34.8 Å². The van der Waals surface area contributed by atoms with E-state index in [0.717, 1.165) is 11.1 Å². The number of amides is 1. The second kappa shape index (κ2) is 8.33. The molecule has 0 unspecified atom stereocenters. The van der Waals surface area contributed by atoms with Crippen molar-refractivity contribution in [2.75, 3.05) is 12.4 Å². The summed E-state index contributed by atoms with van der Waals surface area (Å²) in [4.78, 5) is 24.1. The summed E-state index contributed by atoms with van der Waals surface area (Å²) >= 11 is 0. The standard InChI is InChI=1S/C20H23NO4/c1-5-17(25-18-11-13(2)9-10-14(18)3)19(22)21-16-8-6-7-15(12-16)20(23)24-4/h6-12,17H,5H2,1-4H3,(H,21,22)/t17-/m0/s1. The Labute approximate surface area is 148 Å². The fourth-order valence-electron chi connectivity index (χ4n) is 2.37. The Kier molecular flexibility index (Phi) is 6.17. The number of esters is 1. The van der Waals surface area contributed by atoms with Gasteiger partial charge in [0.05, 0.1) is 12.7 Å². The molecule has 1 amide bonds. The van der Waals surface area contributed by atoms with Crippen LogP contribution in [0.3, 0.4) is 0 Å². The summed E-state index contributed by atoms with van der Waals surface area (Å²) in [6, 6.07) is 12.5. The van der Waals surface area contributed by atoms with Crippen LogP contribution >= 0.6 is 0 Å². The van der Waals surface area contributed by atoms with Crippen molar-refractivity contribution in [3.05, 3.63) is 59.2 Å². The molecule has 5 nitrogen and oxygen atoms in total. The molecule has 0 spiro atoms. The van der Waals surface area contributed by atoms with Crippen LogP contribution in [0.2, 0.25) is 0 Å². The Hall–Kier alpha value is -2.82. The maximum absolute atomic E-state index is 12.5. The monoisotopic (exact) mass is 341 g/mol. The molecule has 5 heteroatoms. The highest BCUT2D eigenvalue weighted by Gasteiger charge is 2.20. The Morgan fingerprint density at radius 2 is 1.88 bits per heavy atom. The molecule has 0 heterocycles. The number of aryl methyl sites for hydroxylation is 2. The predicted octanol–water partition coefficient (Wildman–Crippen LogP) is 3.89. The highest BCUT2D eigenvalue weighted by atomic mass is 16.5. The molecule has 1 atom stereocenters. The van der Waals surface area contributed by atoms with Crippen LogP contribution in [0.25, 0.3) is 0 Å². The second-order valence-electron chi connectivity index (χ2n) is 5.85. The predicted molar refractivity (Wildman–Crippen MR) is 97.0 cm³/mol. The number of benzene rings is 2. The molecule has 0 bridgehead atoms. The Balaban J connectivity index is 2.12. The minimum absolute atomic E-state index is 0.259. The summed E-state index contributed by atoms with van der Waals surface area (Å²) in [6.45, 7) is 5.81. The molecule has 2 rings (SSSR count). The topological polar surface area (TPSA) is 64.6 Å². The van der Waals surface area contributed by atoms with Gasteiger partial charge in [0.1, 0.15) is 5.75 Å². The van der Waals surface area contributed by atoms with Gasteiger partial charge in [0.25, 0.3) is 5.91 Å². The molecule has 132 valence electrons. The number of methoxy groups -OCH3 is 1. The van der Waals surface area contributed by atoms with Crippen molar-refractivity contribution in [1.29, 1.82) is 0 Å². The lowest BCUT2D eigenvalue weighted by Gasteiger charge is -2.19. The number of nitrogens with one attached hydrogen (secondary N) is 1. The van der Waals surface area contributed by atoms with Gasteiger partial charge in [-0.25, -0.2) is 4.79 Å². The number of ether oxygens (including phenoxy) is 2. The molecule has 0 saturated heterocycles. The van der Waals surface area contributed by atoms with Gasteiger partial charge in [0.2, 0.25) is 0 Å². The first kappa shape index (κ1) is 18.5. The van der Waals surface area contributed by atoms with Gasteiger partial charge >= 0.3 is 5.97 Å². The van der Waals surface area contributed by atoms with Gasteiger partial charge in [-0.2, -0.15) is 0 Å². The van der Waals surface area contributed by atoms with Crippen molar-refractivity contribution in [2.24, 2.45) is 0 Å². The Bertz CT molecular complexity index is 770. The van der Waals surface area contributed by atoms with E-state index in [9.17, 15) is 9.59 Å². The smallest absolute Gasteiger partial charge is 0.337 e. The summed E-state index contributed by atoms with van der Waals surface area (Å²) in [5.74, 6) is -0.00879. The summed E-state index contributed by atoms with van der Waals surface area (Å²) in [5, 5.41) is 2.79. The van der Waals surface area contributed by atoms with Crippen molar-refractivity contribution >= 4 is 17.6 Å². The second-order valence-corrected chi connectivity index (χ2v) is 5.85. The van der Waals surface area contributed by atoms with Crippen molar-refractivity contribution in [3.8, 4) is 5.75 Å². The lowest BCUT2D eigenvalue weighted by Crippen LogP contribution is -2.32. The maximum Gasteiger partial charge on any atom is 0.337 e. The van der Waals surface area contributed by atoms with E-state index in [0.29, 0.717) is 23.4 Å². The third-order valence-electron chi connectivity index (χ3n) is 3.83. The molecule has 2 aromatic rings. The number of anilines is 1. The Morgan fingerprint density at radius 1 is 1.12 bits per heavy atom. The number of rotatable bonds is 6. The van der Waals surface area contributed by atoms with E-state index in [1.165, 1.54) is 7.11 Å². The van der Waals surface area contributed by atoms with Gasteiger partial charge < -0.3 is 14.8 Å². The van der Waals surface area contributed by atoms with Crippen LogP contribution in [0.5, 0.6) is 5.75 Å². The summed E-state index contributed by atoms with van der Waals surface area (Å²) < 4.78 is 10.6. The van der Waals surface area contributed by atoms with Gasteiger partial charge in [0, 0.05) is 5.69 Å². The first-order valence-corrected chi connectivity index (χ1v) is 8.17. The lowest BCUT2D eigenvalue weighted by atomic mass is 10.1. The molecule has 1 N–H and O–H groups in total. The highest BCUT2D eigenvalue weighted by Crippen LogP contribution is 2.22. The molecule has 0 fully saturated rings. The van der Waals surface area contributed by atoms with E-state index in [-0.39, 0.29) is 5.91 Å². The average Bonchev–Trinajstić information content (AvgIpc) is 2.61. The number of carbonyl (C=O) groups is 2. The van der Waals surface area contributed by atoms with E-state index in [1.807, 2.05) is 39.0 Å². The van der Waals surface area contributed by atoms with Crippen molar-refractivity contribution in [2.45, 2.75) is 33.3 Å². The minimum atomic E-state index is -0.623.